The van der Waals surface area contributed by atoms with E-state index in [9.17, 15) is 4.79 Å². The van der Waals surface area contributed by atoms with Gasteiger partial charge in [0.1, 0.15) is 0 Å². The van der Waals surface area contributed by atoms with Crippen LogP contribution in [0.2, 0.25) is 0 Å². The molecule has 110 valence electrons. The van der Waals surface area contributed by atoms with Gasteiger partial charge in [-0.25, -0.2) is 9.97 Å². The van der Waals surface area contributed by atoms with E-state index in [2.05, 4.69) is 27.9 Å². The highest BCUT2D eigenvalue weighted by Gasteiger charge is 2.11. The molecule has 2 heterocycles. The number of nitrogens with zero attached hydrogens (tertiary/aromatic N) is 4. The maximum atomic E-state index is 11.4. The van der Waals surface area contributed by atoms with Crippen LogP contribution in [-0.2, 0) is 6.54 Å². The van der Waals surface area contributed by atoms with Gasteiger partial charge in [-0.05, 0) is 45.4 Å². The quantitative estimate of drug-likeness (QED) is 0.808. The van der Waals surface area contributed by atoms with E-state index in [1.807, 2.05) is 31.9 Å². The number of hydrogen-bond acceptors (Lipinski definition) is 5. The summed E-state index contributed by atoms with van der Waals surface area (Å²) in [5, 5.41) is 0. The highest BCUT2D eigenvalue weighted by Crippen LogP contribution is 2.13. The van der Waals surface area contributed by atoms with E-state index in [0.29, 0.717) is 23.8 Å². The summed E-state index contributed by atoms with van der Waals surface area (Å²) in [5.41, 5.74) is 4.44. The van der Waals surface area contributed by atoms with Crippen LogP contribution in [0.5, 0.6) is 0 Å². The van der Waals surface area contributed by atoms with Gasteiger partial charge >= 0.3 is 0 Å². The molecule has 5 nitrogen and oxygen atoms in total. The Kier molecular flexibility index (Phi) is 4.31. The first-order valence-electron chi connectivity index (χ1n) is 6.86. The van der Waals surface area contributed by atoms with Crippen LogP contribution in [0.4, 0.5) is 5.95 Å². The van der Waals surface area contributed by atoms with E-state index in [-0.39, 0.29) is 5.78 Å². The van der Waals surface area contributed by atoms with E-state index in [1.165, 1.54) is 12.5 Å². The summed E-state index contributed by atoms with van der Waals surface area (Å²) in [6, 6.07) is 4.10. The summed E-state index contributed by atoms with van der Waals surface area (Å²) in [5.74, 6) is 0.580. The largest absolute Gasteiger partial charge is 0.338 e. The normalized spacial score (nSPS) is 10.5. The Morgan fingerprint density at radius 1 is 1.19 bits per heavy atom. The fraction of sp³-hybridized carbons (Fsp3) is 0.375. The van der Waals surface area contributed by atoms with E-state index in [1.54, 1.807) is 6.20 Å². The molecule has 0 aliphatic heterocycles. The second-order valence-electron chi connectivity index (χ2n) is 5.36. The van der Waals surface area contributed by atoms with Gasteiger partial charge < -0.3 is 4.90 Å². The standard InChI is InChI=1S/C16H20N4O/c1-10-6-11(2)18-14(7-10)9-20(5)16-17-8-15(13(4)21)12(3)19-16/h6-8H,9H2,1-5H3. The molecular weight excluding hydrogens is 264 g/mol. The van der Waals surface area contributed by atoms with Crippen molar-refractivity contribution in [1.29, 1.82) is 0 Å². The molecule has 0 amide bonds. The van der Waals surface area contributed by atoms with Crippen molar-refractivity contribution in [2.24, 2.45) is 0 Å². The van der Waals surface area contributed by atoms with Crippen LogP contribution in [0.15, 0.2) is 18.3 Å². The van der Waals surface area contributed by atoms with Crippen LogP contribution >= 0.6 is 0 Å². The molecule has 0 N–H and O–H groups in total. The predicted molar refractivity (Wildman–Crippen MR) is 82.6 cm³/mol. The molecule has 21 heavy (non-hydrogen) atoms. The Bertz CT molecular complexity index is 662. The van der Waals surface area contributed by atoms with Crippen molar-refractivity contribution in [3.8, 4) is 0 Å². The SMILES string of the molecule is CC(=O)c1cnc(N(C)Cc2cc(C)cc(C)n2)nc1C. The van der Waals surface area contributed by atoms with Gasteiger partial charge in [-0.15, -0.1) is 0 Å². The smallest absolute Gasteiger partial charge is 0.225 e. The molecule has 0 unspecified atom stereocenters. The minimum absolute atomic E-state index is 0.0160. The summed E-state index contributed by atoms with van der Waals surface area (Å²) >= 11 is 0. The van der Waals surface area contributed by atoms with Crippen LogP contribution in [-0.4, -0.2) is 27.8 Å². The third-order valence-corrected chi connectivity index (χ3v) is 3.24. The molecule has 0 radical (unpaired) electrons. The monoisotopic (exact) mass is 284 g/mol. The lowest BCUT2D eigenvalue weighted by molar-refractivity contribution is 0.101. The minimum Gasteiger partial charge on any atom is -0.338 e. The summed E-state index contributed by atoms with van der Waals surface area (Å²) in [7, 11) is 1.92. The minimum atomic E-state index is -0.0160. The van der Waals surface area contributed by atoms with Crippen molar-refractivity contribution < 1.29 is 4.79 Å². The summed E-state index contributed by atoms with van der Waals surface area (Å²) in [6.07, 6.45) is 1.59. The Hall–Kier alpha value is -2.30. The van der Waals surface area contributed by atoms with Gasteiger partial charge in [-0.3, -0.25) is 9.78 Å². The first-order chi connectivity index (χ1) is 9.86. The number of rotatable bonds is 4. The Labute approximate surface area is 125 Å². The second kappa shape index (κ2) is 5.99. The summed E-state index contributed by atoms with van der Waals surface area (Å²) in [4.78, 5) is 26.5. The Balaban J connectivity index is 2.22. The molecule has 0 saturated carbocycles. The third kappa shape index (κ3) is 3.62. The molecule has 0 fully saturated rings. The number of aryl methyl sites for hydroxylation is 3. The van der Waals surface area contributed by atoms with Gasteiger partial charge in [0.05, 0.1) is 23.5 Å². The van der Waals surface area contributed by atoms with Gasteiger partial charge in [-0.1, -0.05) is 0 Å². The van der Waals surface area contributed by atoms with Gasteiger partial charge in [0.15, 0.2) is 5.78 Å². The molecule has 0 aliphatic rings. The average molecular weight is 284 g/mol. The predicted octanol–water partition coefficient (Wildman–Crippen LogP) is 2.64. The molecule has 0 spiro atoms. The Morgan fingerprint density at radius 3 is 2.48 bits per heavy atom. The number of hydrogen-bond donors (Lipinski definition) is 0. The molecule has 0 aromatic carbocycles. The topological polar surface area (TPSA) is 59.0 Å². The highest BCUT2D eigenvalue weighted by atomic mass is 16.1. The number of ketones is 1. The highest BCUT2D eigenvalue weighted by molar-refractivity contribution is 5.94. The van der Waals surface area contributed by atoms with E-state index >= 15 is 0 Å². The lowest BCUT2D eigenvalue weighted by Gasteiger charge is -2.18. The fourth-order valence-corrected chi connectivity index (χ4v) is 2.30. The maximum Gasteiger partial charge on any atom is 0.225 e. The number of anilines is 1. The first-order valence-corrected chi connectivity index (χ1v) is 6.86. The van der Waals surface area contributed by atoms with Crippen LogP contribution in [0, 0.1) is 20.8 Å². The van der Waals surface area contributed by atoms with Crippen molar-refractivity contribution in [2.75, 3.05) is 11.9 Å². The summed E-state index contributed by atoms with van der Waals surface area (Å²) in [6.45, 7) is 8.01. The average Bonchev–Trinajstić information content (AvgIpc) is 2.36. The van der Waals surface area contributed by atoms with Gasteiger partial charge in [0.2, 0.25) is 5.95 Å². The number of aromatic nitrogens is 3. The number of pyridine rings is 1. The number of carbonyl (C=O) groups excluding carboxylic acids is 1. The molecule has 2 rings (SSSR count). The molecule has 0 bridgehead atoms. The Morgan fingerprint density at radius 2 is 1.90 bits per heavy atom. The first kappa shape index (κ1) is 15.1. The fourth-order valence-electron chi connectivity index (χ4n) is 2.30. The van der Waals surface area contributed by atoms with Crippen LogP contribution in [0.3, 0.4) is 0 Å². The molecule has 0 saturated heterocycles. The molecule has 0 aliphatic carbocycles. The number of Topliss-reactive ketones (excluding diaryl/α,β-unsaturated/α-hetero) is 1. The zero-order chi connectivity index (χ0) is 15.6. The summed E-state index contributed by atoms with van der Waals surface area (Å²) < 4.78 is 0. The van der Waals surface area contributed by atoms with Crippen molar-refractivity contribution in [3.63, 3.8) is 0 Å². The maximum absolute atomic E-state index is 11.4. The molecule has 2 aromatic rings. The zero-order valence-electron chi connectivity index (χ0n) is 13.1. The molecule has 2 aromatic heterocycles. The van der Waals surface area contributed by atoms with Gasteiger partial charge in [0.25, 0.3) is 0 Å². The molecular formula is C16H20N4O. The lowest BCUT2D eigenvalue weighted by Crippen LogP contribution is -2.21. The third-order valence-electron chi connectivity index (χ3n) is 3.24. The molecule has 0 atom stereocenters. The molecule has 5 heteroatoms. The zero-order valence-corrected chi connectivity index (χ0v) is 13.1. The van der Waals surface area contributed by atoms with Crippen LogP contribution in [0.25, 0.3) is 0 Å². The van der Waals surface area contributed by atoms with E-state index in [0.717, 1.165) is 11.4 Å². The number of carbonyl (C=O) groups is 1. The van der Waals surface area contributed by atoms with Gasteiger partial charge in [0, 0.05) is 18.9 Å². The van der Waals surface area contributed by atoms with E-state index in [4.69, 9.17) is 0 Å². The van der Waals surface area contributed by atoms with Gasteiger partial charge in [-0.2, -0.15) is 0 Å². The van der Waals surface area contributed by atoms with Crippen molar-refractivity contribution in [1.82, 2.24) is 15.0 Å². The lowest BCUT2D eigenvalue weighted by atomic mass is 10.2. The van der Waals surface area contributed by atoms with Crippen molar-refractivity contribution >= 4 is 11.7 Å². The van der Waals surface area contributed by atoms with Crippen LogP contribution in [0.1, 0.15) is 39.9 Å². The second-order valence-corrected chi connectivity index (χ2v) is 5.36. The van der Waals surface area contributed by atoms with E-state index < -0.39 is 0 Å². The van der Waals surface area contributed by atoms with Crippen LogP contribution < -0.4 is 4.90 Å². The van der Waals surface area contributed by atoms with Crippen molar-refractivity contribution in [3.05, 3.63) is 46.5 Å². The van der Waals surface area contributed by atoms with Crippen molar-refractivity contribution in [2.45, 2.75) is 34.2 Å².